The Morgan fingerprint density at radius 3 is 2.86 bits per heavy atom. The molecule has 0 saturated heterocycles. The molecule has 0 radical (unpaired) electrons. The summed E-state index contributed by atoms with van der Waals surface area (Å²) in [6.45, 7) is 6.33. The van der Waals surface area contributed by atoms with Crippen LogP contribution in [0.2, 0.25) is 0 Å². The number of carbonyl (C=O) groups is 1. The number of benzene rings is 1. The van der Waals surface area contributed by atoms with Gasteiger partial charge in [-0.2, -0.15) is 0 Å². The minimum atomic E-state index is -0.400. The summed E-state index contributed by atoms with van der Waals surface area (Å²) in [5.41, 5.74) is 1.21. The van der Waals surface area contributed by atoms with Gasteiger partial charge in [0, 0.05) is 17.4 Å². The highest BCUT2D eigenvalue weighted by Crippen LogP contribution is 2.26. The van der Waals surface area contributed by atoms with Crippen LogP contribution in [0, 0.1) is 5.82 Å². The average Bonchev–Trinajstić information content (AvgIpc) is 2.91. The minimum Gasteiger partial charge on any atom is -0.492 e. The lowest BCUT2D eigenvalue weighted by atomic mass is 10.2. The predicted molar refractivity (Wildman–Crippen MR) is 86.1 cm³/mol. The second-order valence-corrected chi connectivity index (χ2v) is 6.02. The lowest BCUT2D eigenvalue weighted by molar-refractivity contribution is -0.115. The third-order valence-corrected chi connectivity index (χ3v) is 4.12. The van der Waals surface area contributed by atoms with E-state index in [0.717, 1.165) is 10.7 Å². The largest absolute Gasteiger partial charge is 0.492 e. The molecule has 4 nitrogen and oxygen atoms in total. The molecule has 1 aromatic carbocycles. The fraction of sp³-hybridized carbons (Fsp3) is 0.375. The van der Waals surface area contributed by atoms with Gasteiger partial charge >= 0.3 is 0 Å². The molecule has 22 heavy (non-hydrogen) atoms. The van der Waals surface area contributed by atoms with E-state index in [2.05, 4.69) is 24.1 Å². The van der Waals surface area contributed by atoms with E-state index in [9.17, 15) is 9.18 Å². The van der Waals surface area contributed by atoms with Crippen molar-refractivity contribution in [3.8, 4) is 5.75 Å². The number of hydrogen-bond acceptors (Lipinski definition) is 4. The minimum absolute atomic E-state index is 0.187. The monoisotopic (exact) mass is 322 g/mol. The number of amides is 1. The van der Waals surface area contributed by atoms with E-state index >= 15 is 0 Å². The summed E-state index contributed by atoms with van der Waals surface area (Å²) in [4.78, 5) is 16.5. The number of anilines is 1. The summed E-state index contributed by atoms with van der Waals surface area (Å²) in [5.74, 6) is 0.0798. The number of thiazole rings is 1. The van der Waals surface area contributed by atoms with E-state index in [0.29, 0.717) is 24.0 Å². The quantitative estimate of drug-likeness (QED) is 0.875. The SMILES string of the molecule is CCOc1cc(F)ccc1NC(=O)Cc1csc(C(C)C)n1. The van der Waals surface area contributed by atoms with Crippen LogP contribution in [-0.2, 0) is 11.2 Å². The lowest BCUT2D eigenvalue weighted by Gasteiger charge is -2.11. The summed E-state index contributed by atoms with van der Waals surface area (Å²) < 4.78 is 18.6. The van der Waals surface area contributed by atoms with Crippen molar-refractivity contribution in [2.75, 3.05) is 11.9 Å². The van der Waals surface area contributed by atoms with Crippen LogP contribution in [0.15, 0.2) is 23.6 Å². The van der Waals surface area contributed by atoms with E-state index in [4.69, 9.17) is 4.74 Å². The van der Waals surface area contributed by atoms with Gasteiger partial charge in [-0.05, 0) is 19.1 Å². The molecule has 1 N–H and O–H groups in total. The molecule has 0 atom stereocenters. The van der Waals surface area contributed by atoms with E-state index in [1.54, 1.807) is 18.3 Å². The third-order valence-electron chi connectivity index (χ3n) is 2.92. The van der Waals surface area contributed by atoms with E-state index in [-0.39, 0.29) is 12.3 Å². The number of nitrogens with zero attached hydrogens (tertiary/aromatic N) is 1. The van der Waals surface area contributed by atoms with Crippen molar-refractivity contribution >= 4 is 22.9 Å². The lowest BCUT2D eigenvalue weighted by Crippen LogP contribution is -2.15. The van der Waals surface area contributed by atoms with Crippen LogP contribution in [0.25, 0.3) is 0 Å². The second-order valence-electron chi connectivity index (χ2n) is 5.13. The van der Waals surface area contributed by atoms with Crippen LogP contribution in [0.1, 0.15) is 37.4 Å². The molecule has 0 spiro atoms. The van der Waals surface area contributed by atoms with Crippen LogP contribution in [0.3, 0.4) is 0 Å². The first kappa shape index (κ1) is 16.4. The highest BCUT2D eigenvalue weighted by molar-refractivity contribution is 7.09. The highest BCUT2D eigenvalue weighted by Gasteiger charge is 2.12. The van der Waals surface area contributed by atoms with Gasteiger partial charge in [-0.3, -0.25) is 4.79 Å². The van der Waals surface area contributed by atoms with Crippen molar-refractivity contribution < 1.29 is 13.9 Å². The Hall–Kier alpha value is -1.95. The van der Waals surface area contributed by atoms with Crippen LogP contribution in [-0.4, -0.2) is 17.5 Å². The van der Waals surface area contributed by atoms with Crippen LogP contribution < -0.4 is 10.1 Å². The molecule has 0 fully saturated rings. The predicted octanol–water partition coefficient (Wildman–Crippen LogP) is 3.99. The number of nitrogens with one attached hydrogen (secondary N) is 1. The summed E-state index contributed by atoms with van der Waals surface area (Å²) >= 11 is 1.55. The number of aromatic nitrogens is 1. The van der Waals surface area contributed by atoms with Crippen LogP contribution in [0.5, 0.6) is 5.75 Å². The van der Waals surface area contributed by atoms with Gasteiger partial charge in [0.15, 0.2) is 0 Å². The molecular formula is C16H19FN2O2S. The molecule has 0 saturated carbocycles. The van der Waals surface area contributed by atoms with Gasteiger partial charge in [0.25, 0.3) is 0 Å². The average molecular weight is 322 g/mol. The molecule has 1 aromatic heterocycles. The molecular weight excluding hydrogens is 303 g/mol. The molecule has 1 amide bonds. The second kappa shape index (κ2) is 7.35. The van der Waals surface area contributed by atoms with Crippen LogP contribution in [0.4, 0.5) is 10.1 Å². The van der Waals surface area contributed by atoms with Crippen molar-refractivity contribution in [2.45, 2.75) is 33.1 Å². The van der Waals surface area contributed by atoms with Crippen LogP contribution >= 0.6 is 11.3 Å². The summed E-state index contributed by atoms with van der Waals surface area (Å²) in [5, 5.41) is 5.65. The zero-order chi connectivity index (χ0) is 16.1. The van der Waals surface area contributed by atoms with Gasteiger partial charge in [-0.1, -0.05) is 13.8 Å². The van der Waals surface area contributed by atoms with Gasteiger partial charge in [0.1, 0.15) is 11.6 Å². The van der Waals surface area contributed by atoms with Gasteiger partial charge in [-0.15, -0.1) is 11.3 Å². The number of carbonyl (C=O) groups excluding carboxylic acids is 1. The summed E-state index contributed by atoms with van der Waals surface area (Å²) in [7, 11) is 0. The zero-order valence-corrected chi connectivity index (χ0v) is 13.7. The molecule has 118 valence electrons. The molecule has 2 aromatic rings. The Bertz CT molecular complexity index is 655. The van der Waals surface area contributed by atoms with Gasteiger partial charge in [0.05, 0.1) is 29.4 Å². The number of rotatable bonds is 6. The Kier molecular flexibility index (Phi) is 5.49. The molecule has 0 aliphatic carbocycles. The molecule has 1 heterocycles. The van der Waals surface area contributed by atoms with Crippen molar-refractivity contribution in [3.63, 3.8) is 0 Å². The Morgan fingerprint density at radius 2 is 2.23 bits per heavy atom. The third kappa shape index (κ3) is 4.27. The highest BCUT2D eigenvalue weighted by atomic mass is 32.1. The molecule has 0 bridgehead atoms. The first-order valence-corrected chi connectivity index (χ1v) is 8.04. The van der Waals surface area contributed by atoms with Crippen molar-refractivity contribution in [1.29, 1.82) is 0 Å². The van der Waals surface area contributed by atoms with Crippen molar-refractivity contribution in [1.82, 2.24) is 4.98 Å². The molecule has 6 heteroatoms. The zero-order valence-electron chi connectivity index (χ0n) is 12.9. The number of halogens is 1. The normalized spacial score (nSPS) is 10.8. The Balaban J connectivity index is 2.05. The first-order chi connectivity index (χ1) is 10.5. The first-order valence-electron chi connectivity index (χ1n) is 7.16. The van der Waals surface area contributed by atoms with E-state index in [1.807, 2.05) is 5.38 Å². The fourth-order valence-electron chi connectivity index (χ4n) is 1.90. The van der Waals surface area contributed by atoms with E-state index < -0.39 is 5.82 Å². The number of hydrogen-bond donors (Lipinski definition) is 1. The maximum absolute atomic E-state index is 13.2. The maximum atomic E-state index is 13.2. The maximum Gasteiger partial charge on any atom is 0.230 e. The smallest absolute Gasteiger partial charge is 0.230 e. The van der Waals surface area contributed by atoms with Crippen molar-refractivity contribution in [2.24, 2.45) is 0 Å². The van der Waals surface area contributed by atoms with Gasteiger partial charge in [0.2, 0.25) is 5.91 Å². The van der Waals surface area contributed by atoms with Gasteiger partial charge < -0.3 is 10.1 Å². The standard InChI is InChI=1S/C16H19FN2O2S/c1-4-21-14-7-11(17)5-6-13(14)19-15(20)8-12-9-22-16(18-12)10(2)3/h5-7,9-10H,4,8H2,1-3H3,(H,19,20). The molecule has 0 unspecified atom stereocenters. The summed E-state index contributed by atoms with van der Waals surface area (Å²) in [6.07, 6.45) is 0.187. The molecule has 0 aliphatic heterocycles. The Morgan fingerprint density at radius 1 is 1.45 bits per heavy atom. The number of ether oxygens (including phenoxy) is 1. The van der Waals surface area contributed by atoms with Crippen molar-refractivity contribution in [3.05, 3.63) is 40.1 Å². The Labute approximate surface area is 133 Å². The topological polar surface area (TPSA) is 51.2 Å². The molecule has 2 rings (SSSR count). The summed E-state index contributed by atoms with van der Waals surface area (Å²) in [6, 6.07) is 4.05. The van der Waals surface area contributed by atoms with Gasteiger partial charge in [-0.25, -0.2) is 9.37 Å². The van der Waals surface area contributed by atoms with E-state index in [1.165, 1.54) is 18.2 Å². The fourth-order valence-corrected chi connectivity index (χ4v) is 2.74. The molecule has 0 aliphatic rings.